The van der Waals surface area contributed by atoms with Gasteiger partial charge in [-0.3, -0.25) is 0 Å². The lowest BCUT2D eigenvalue weighted by Crippen LogP contribution is -1.86. The van der Waals surface area contributed by atoms with E-state index in [4.69, 9.17) is 9.47 Å². The molecule has 19 heavy (non-hydrogen) atoms. The fourth-order valence-electron chi connectivity index (χ4n) is 2.21. The predicted molar refractivity (Wildman–Crippen MR) is 80.4 cm³/mol. The summed E-state index contributed by atoms with van der Waals surface area (Å²) in [7, 11) is 3.39. The number of thiophene rings is 1. The second kappa shape index (κ2) is 4.94. The molecule has 0 aliphatic rings. The third-order valence-electron chi connectivity index (χ3n) is 3.20. The first-order valence-electron chi connectivity index (χ1n) is 6.02. The monoisotopic (exact) mass is 270 g/mol. The zero-order chi connectivity index (χ0) is 13.2. The summed E-state index contributed by atoms with van der Waals surface area (Å²) in [6.45, 7) is 0. The number of benzene rings is 2. The molecular formula is C16H14O2S. The van der Waals surface area contributed by atoms with Crippen LogP contribution in [0.25, 0.3) is 21.2 Å². The molecule has 3 rings (SSSR count). The molecule has 0 N–H and O–H groups in total. The number of hydrogen-bond donors (Lipinski definition) is 0. The van der Waals surface area contributed by atoms with Gasteiger partial charge in [0.25, 0.3) is 0 Å². The number of fused-ring (bicyclic) bond motifs is 1. The molecule has 1 heterocycles. The second-order valence-electron chi connectivity index (χ2n) is 4.21. The lowest BCUT2D eigenvalue weighted by atomic mass is 10.0. The highest BCUT2D eigenvalue weighted by atomic mass is 32.1. The average Bonchev–Trinajstić information content (AvgIpc) is 2.96. The molecule has 0 saturated heterocycles. The molecule has 96 valence electrons. The molecule has 0 radical (unpaired) electrons. The Morgan fingerprint density at radius 1 is 0.842 bits per heavy atom. The Morgan fingerprint density at radius 3 is 2.32 bits per heavy atom. The third-order valence-corrected chi connectivity index (χ3v) is 4.15. The molecule has 0 unspecified atom stereocenters. The maximum Gasteiger partial charge on any atom is 0.127 e. The normalized spacial score (nSPS) is 10.6. The van der Waals surface area contributed by atoms with Gasteiger partial charge in [0.15, 0.2) is 0 Å². The lowest BCUT2D eigenvalue weighted by molar-refractivity contribution is 0.415. The minimum Gasteiger partial charge on any atom is -0.497 e. The van der Waals surface area contributed by atoms with Crippen LogP contribution in [0.15, 0.2) is 47.8 Å². The Kier molecular flexibility index (Phi) is 3.13. The van der Waals surface area contributed by atoms with Crippen LogP contribution in [0, 0.1) is 0 Å². The van der Waals surface area contributed by atoms with Crippen LogP contribution in [0.4, 0.5) is 0 Å². The highest BCUT2D eigenvalue weighted by Gasteiger charge is 2.09. The summed E-state index contributed by atoms with van der Waals surface area (Å²) in [5, 5.41) is 3.26. The van der Waals surface area contributed by atoms with Crippen LogP contribution in [-0.4, -0.2) is 14.2 Å². The average molecular weight is 270 g/mol. The van der Waals surface area contributed by atoms with E-state index in [-0.39, 0.29) is 0 Å². The Bertz CT molecular complexity index is 698. The summed E-state index contributed by atoms with van der Waals surface area (Å²) in [5.74, 6) is 1.80. The van der Waals surface area contributed by atoms with Gasteiger partial charge < -0.3 is 9.47 Å². The van der Waals surface area contributed by atoms with Gasteiger partial charge >= 0.3 is 0 Å². The van der Waals surface area contributed by atoms with Gasteiger partial charge in [0.1, 0.15) is 11.5 Å². The standard InChI is InChI=1S/C16H14O2S/c1-17-12-5-3-11(4-6-12)13-7-8-15(18-2)14-9-10-19-16(13)14/h3-10H,1-2H3. The van der Waals surface area contributed by atoms with Gasteiger partial charge in [-0.1, -0.05) is 12.1 Å². The van der Waals surface area contributed by atoms with E-state index < -0.39 is 0 Å². The van der Waals surface area contributed by atoms with Crippen LogP contribution in [0.1, 0.15) is 0 Å². The van der Waals surface area contributed by atoms with Crippen molar-refractivity contribution in [3.8, 4) is 22.6 Å². The Hall–Kier alpha value is -2.00. The van der Waals surface area contributed by atoms with Gasteiger partial charge in [0.05, 0.1) is 14.2 Å². The highest BCUT2D eigenvalue weighted by Crippen LogP contribution is 2.38. The van der Waals surface area contributed by atoms with Crippen molar-refractivity contribution in [1.82, 2.24) is 0 Å². The summed E-state index contributed by atoms with van der Waals surface area (Å²) in [4.78, 5) is 0. The van der Waals surface area contributed by atoms with E-state index in [2.05, 4.69) is 29.6 Å². The maximum absolute atomic E-state index is 5.40. The van der Waals surface area contributed by atoms with Gasteiger partial charge in [-0.05, 0) is 46.8 Å². The van der Waals surface area contributed by atoms with E-state index in [1.54, 1.807) is 25.6 Å². The molecule has 2 aromatic carbocycles. The van der Waals surface area contributed by atoms with Gasteiger partial charge in [-0.15, -0.1) is 11.3 Å². The van der Waals surface area contributed by atoms with E-state index >= 15 is 0 Å². The molecule has 0 amide bonds. The molecule has 3 heteroatoms. The van der Waals surface area contributed by atoms with E-state index in [1.165, 1.54) is 21.2 Å². The van der Waals surface area contributed by atoms with Gasteiger partial charge in [0.2, 0.25) is 0 Å². The number of ether oxygens (including phenoxy) is 2. The zero-order valence-corrected chi connectivity index (χ0v) is 11.7. The maximum atomic E-state index is 5.40. The van der Waals surface area contributed by atoms with Crippen molar-refractivity contribution in [1.29, 1.82) is 0 Å². The molecule has 0 atom stereocenters. The van der Waals surface area contributed by atoms with Crippen molar-refractivity contribution in [2.75, 3.05) is 14.2 Å². The Morgan fingerprint density at radius 2 is 1.63 bits per heavy atom. The first-order valence-corrected chi connectivity index (χ1v) is 6.90. The van der Waals surface area contributed by atoms with Crippen molar-refractivity contribution >= 4 is 21.4 Å². The largest absolute Gasteiger partial charge is 0.497 e. The molecule has 0 bridgehead atoms. The minimum atomic E-state index is 0.875. The zero-order valence-electron chi connectivity index (χ0n) is 10.8. The van der Waals surface area contributed by atoms with E-state index in [9.17, 15) is 0 Å². The Labute approximate surface area is 116 Å². The molecule has 0 spiro atoms. The van der Waals surface area contributed by atoms with Crippen LogP contribution < -0.4 is 9.47 Å². The predicted octanol–water partition coefficient (Wildman–Crippen LogP) is 4.59. The quantitative estimate of drug-likeness (QED) is 0.693. The van der Waals surface area contributed by atoms with Gasteiger partial charge in [-0.25, -0.2) is 0 Å². The molecule has 0 fully saturated rings. The van der Waals surface area contributed by atoms with Crippen LogP contribution in [0.2, 0.25) is 0 Å². The van der Waals surface area contributed by atoms with Crippen molar-refractivity contribution in [3.05, 3.63) is 47.8 Å². The van der Waals surface area contributed by atoms with Crippen molar-refractivity contribution < 1.29 is 9.47 Å². The third kappa shape index (κ3) is 2.06. The first kappa shape index (κ1) is 12.1. The SMILES string of the molecule is COc1ccc(-c2ccc(OC)c3ccsc23)cc1. The molecule has 0 aliphatic carbocycles. The molecule has 1 aromatic heterocycles. The summed E-state index contributed by atoms with van der Waals surface area (Å²) in [5.41, 5.74) is 2.42. The first-order chi connectivity index (χ1) is 9.33. The molecule has 0 aliphatic heterocycles. The van der Waals surface area contributed by atoms with E-state index in [0.29, 0.717) is 0 Å². The molecular weight excluding hydrogens is 256 g/mol. The minimum absolute atomic E-state index is 0.875. The van der Waals surface area contributed by atoms with E-state index in [1.807, 2.05) is 18.2 Å². The van der Waals surface area contributed by atoms with Gasteiger partial charge in [0, 0.05) is 10.1 Å². The summed E-state index contributed by atoms with van der Waals surface area (Å²) in [6, 6.07) is 14.4. The summed E-state index contributed by atoms with van der Waals surface area (Å²) < 4.78 is 11.9. The molecule has 2 nitrogen and oxygen atoms in total. The number of hydrogen-bond acceptors (Lipinski definition) is 3. The molecule has 3 aromatic rings. The van der Waals surface area contributed by atoms with Crippen LogP contribution >= 0.6 is 11.3 Å². The second-order valence-corrected chi connectivity index (χ2v) is 5.12. The van der Waals surface area contributed by atoms with Crippen LogP contribution in [0.3, 0.4) is 0 Å². The van der Waals surface area contributed by atoms with Gasteiger partial charge in [-0.2, -0.15) is 0 Å². The number of rotatable bonds is 3. The van der Waals surface area contributed by atoms with Crippen LogP contribution in [0.5, 0.6) is 11.5 Å². The highest BCUT2D eigenvalue weighted by molar-refractivity contribution is 7.17. The lowest BCUT2D eigenvalue weighted by Gasteiger charge is -2.08. The van der Waals surface area contributed by atoms with E-state index in [0.717, 1.165) is 11.5 Å². The van der Waals surface area contributed by atoms with Crippen molar-refractivity contribution in [3.63, 3.8) is 0 Å². The summed E-state index contributed by atoms with van der Waals surface area (Å²) in [6.07, 6.45) is 0. The Balaban J connectivity index is 2.16. The van der Waals surface area contributed by atoms with Crippen molar-refractivity contribution in [2.45, 2.75) is 0 Å². The fraction of sp³-hybridized carbons (Fsp3) is 0.125. The van der Waals surface area contributed by atoms with Crippen LogP contribution in [-0.2, 0) is 0 Å². The smallest absolute Gasteiger partial charge is 0.127 e. The topological polar surface area (TPSA) is 18.5 Å². The number of methoxy groups -OCH3 is 2. The van der Waals surface area contributed by atoms with Crippen molar-refractivity contribution in [2.24, 2.45) is 0 Å². The summed E-state index contributed by atoms with van der Waals surface area (Å²) >= 11 is 1.74. The fourth-order valence-corrected chi connectivity index (χ4v) is 3.16. The molecule has 0 saturated carbocycles.